The van der Waals surface area contributed by atoms with Crippen LogP contribution in [0.15, 0.2) is 48.5 Å². The van der Waals surface area contributed by atoms with Gasteiger partial charge in [-0.2, -0.15) is 0 Å². The van der Waals surface area contributed by atoms with E-state index in [0.717, 1.165) is 25.9 Å². The molecule has 5 nitrogen and oxygen atoms in total. The van der Waals surface area contributed by atoms with Crippen molar-refractivity contribution in [2.75, 3.05) is 18.0 Å². The Hall–Kier alpha value is -2.95. The van der Waals surface area contributed by atoms with E-state index in [9.17, 15) is 14.4 Å². The van der Waals surface area contributed by atoms with Crippen molar-refractivity contribution < 1.29 is 14.4 Å². The fraction of sp³-hybridized carbons (Fsp3) is 0.286. The minimum Gasteiger partial charge on any atom is -0.338 e. The number of likely N-dealkylation sites (tertiary alicyclic amines) is 1. The average Bonchev–Trinajstić information content (AvgIpc) is 2.92. The van der Waals surface area contributed by atoms with Crippen molar-refractivity contribution in [2.45, 2.75) is 19.8 Å². The molecule has 0 aromatic heterocycles. The summed E-state index contributed by atoms with van der Waals surface area (Å²) < 4.78 is 0. The lowest BCUT2D eigenvalue weighted by atomic mass is 9.99. The first kappa shape index (κ1) is 16.5. The van der Waals surface area contributed by atoms with Crippen molar-refractivity contribution >= 4 is 23.4 Å². The molecule has 5 heteroatoms. The van der Waals surface area contributed by atoms with E-state index in [4.69, 9.17) is 0 Å². The number of imide groups is 1. The van der Waals surface area contributed by atoms with E-state index in [0.29, 0.717) is 28.3 Å². The maximum absolute atomic E-state index is 12.7. The first-order chi connectivity index (χ1) is 12.6. The van der Waals surface area contributed by atoms with Crippen LogP contribution < -0.4 is 4.90 Å². The smallest absolute Gasteiger partial charge is 0.266 e. The Morgan fingerprint density at radius 1 is 0.962 bits per heavy atom. The first-order valence-corrected chi connectivity index (χ1v) is 8.93. The molecular weight excluding hydrogens is 328 g/mol. The fourth-order valence-electron chi connectivity index (χ4n) is 3.73. The van der Waals surface area contributed by atoms with Gasteiger partial charge in [0, 0.05) is 18.7 Å². The molecule has 4 rings (SSSR count). The number of benzene rings is 2. The van der Waals surface area contributed by atoms with Crippen LogP contribution in [0.2, 0.25) is 0 Å². The zero-order valence-corrected chi connectivity index (χ0v) is 14.6. The fourth-order valence-corrected chi connectivity index (χ4v) is 3.73. The summed E-state index contributed by atoms with van der Waals surface area (Å²) in [4.78, 5) is 40.8. The highest BCUT2D eigenvalue weighted by Gasteiger charge is 2.36. The number of rotatable bonds is 2. The van der Waals surface area contributed by atoms with E-state index < -0.39 is 0 Å². The van der Waals surface area contributed by atoms with Crippen molar-refractivity contribution in [1.29, 1.82) is 0 Å². The summed E-state index contributed by atoms with van der Waals surface area (Å²) in [5, 5.41) is 0. The number of anilines is 1. The molecule has 1 saturated heterocycles. The highest BCUT2D eigenvalue weighted by Crippen LogP contribution is 2.28. The van der Waals surface area contributed by atoms with Crippen molar-refractivity contribution in [3.8, 4) is 0 Å². The monoisotopic (exact) mass is 348 g/mol. The van der Waals surface area contributed by atoms with Crippen molar-refractivity contribution in [3.05, 3.63) is 65.2 Å². The zero-order chi connectivity index (χ0) is 18.3. The Bertz CT molecular complexity index is 853. The second-order valence-corrected chi connectivity index (χ2v) is 7.04. The number of fused-ring (bicyclic) bond motifs is 1. The van der Waals surface area contributed by atoms with Crippen LogP contribution in [0, 0.1) is 5.92 Å². The van der Waals surface area contributed by atoms with Crippen LogP contribution in [0.25, 0.3) is 0 Å². The molecule has 2 aromatic rings. The molecule has 2 aliphatic rings. The Morgan fingerprint density at radius 3 is 2.15 bits per heavy atom. The Morgan fingerprint density at radius 2 is 1.58 bits per heavy atom. The Labute approximate surface area is 152 Å². The number of amides is 3. The van der Waals surface area contributed by atoms with Crippen LogP contribution in [0.5, 0.6) is 0 Å². The molecule has 132 valence electrons. The van der Waals surface area contributed by atoms with Gasteiger partial charge in [0.05, 0.1) is 16.8 Å². The molecule has 1 unspecified atom stereocenters. The lowest BCUT2D eigenvalue weighted by Crippen LogP contribution is -2.39. The first-order valence-electron chi connectivity index (χ1n) is 8.93. The average molecular weight is 348 g/mol. The molecule has 2 aromatic carbocycles. The van der Waals surface area contributed by atoms with E-state index in [2.05, 4.69) is 6.92 Å². The summed E-state index contributed by atoms with van der Waals surface area (Å²) in [7, 11) is 0. The summed E-state index contributed by atoms with van der Waals surface area (Å²) >= 11 is 0. The lowest BCUT2D eigenvalue weighted by Gasteiger charge is -2.31. The van der Waals surface area contributed by atoms with Crippen LogP contribution in [-0.2, 0) is 0 Å². The second kappa shape index (κ2) is 6.41. The van der Waals surface area contributed by atoms with Crippen LogP contribution in [-0.4, -0.2) is 35.7 Å². The van der Waals surface area contributed by atoms with E-state index in [-0.39, 0.29) is 17.7 Å². The molecule has 1 atom stereocenters. The SMILES string of the molecule is CC1CCCN(C(=O)c2ccc(N3C(=O)c4ccccc4C3=O)cc2)C1. The van der Waals surface area contributed by atoms with E-state index in [1.165, 1.54) is 4.90 Å². The molecule has 2 heterocycles. The third-order valence-electron chi connectivity index (χ3n) is 5.11. The van der Waals surface area contributed by atoms with Gasteiger partial charge in [-0.1, -0.05) is 19.1 Å². The van der Waals surface area contributed by atoms with Gasteiger partial charge in [0.2, 0.25) is 0 Å². The number of hydrogen-bond acceptors (Lipinski definition) is 3. The topological polar surface area (TPSA) is 57.7 Å². The lowest BCUT2D eigenvalue weighted by molar-refractivity contribution is 0.0683. The van der Waals surface area contributed by atoms with Gasteiger partial charge >= 0.3 is 0 Å². The van der Waals surface area contributed by atoms with Gasteiger partial charge in [-0.05, 0) is 55.2 Å². The molecule has 0 radical (unpaired) electrons. The molecule has 1 fully saturated rings. The van der Waals surface area contributed by atoms with Crippen LogP contribution >= 0.6 is 0 Å². The maximum atomic E-state index is 12.7. The largest absolute Gasteiger partial charge is 0.338 e. The minimum absolute atomic E-state index is 0.00506. The molecule has 0 bridgehead atoms. The quantitative estimate of drug-likeness (QED) is 0.782. The molecule has 0 aliphatic carbocycles. The van der Waals surface area contributed by atoms with E-state index in [1.807, 2.05) is 4.90 Å². The van der Waals surface area contributed by atoms with Gasteiger partial charge in [-0.15, -0.1) is 0 Å². The predicted molar refractivity (Wildman–Crippen MR) is 98.3 cm³/mol. The highest BCUT2D eigenvalue weighted by atomic mass is 16.2. The van der Waals surface area contributed by atoms with E-state index >= 15 is 0 Å². The zero-order valence-electron chi connectivity index (χ0n) is 14.6. The molecule has 0 N–H and O–H groups in total. The summed E-state index contributed by atoms with van der Waals surface area (Å²) in [5.41, 5.74) is 1.90. The van der Waals surface area contributed by atoms with Gasteiger partial charge in [-0.3, -0.25) is 14.4 Å². The van der Waals surface area contributed by atoms with Crippen molar-refractivity contribution in [1.82, 2.24) is 4.90 Å². The minimum atomic E-state index is -0.325. The summed E-state index contributed by atoms with van der Waals surface area (Å²) in [6, 6.07) is 13.5. The Balaban J connectivity index is 1.56. The van der Waals surface area contributed by atoms with Crippen molar-refractivity contribution in [3.63, 3.8) is 0 Å². The molecule has 26 heavy (non-hydrogen) atoms. The number of carbonyl (C=O) groups excluding carboxylic acids is 3. The molecule has 0 saturated carbocycles. The van der Waals surface area contributed by atoms with Gasteiger partial charge in [0.1, 0.15) is 0 Å². The second-order valence-electron chi connectivity index (χ2n) is 7.04. The van der Waals surface area contributed by atoms with Crippen LogP contribution in [0.4, 0.5) is 5.69 Å². The molecule has 3 amide bonds. The summed E-state index contributed by atoms with van der Waals surface area (Å²) in [6.45, 7) is 3.72. The summed E-state index contributed by atoms with van der Waals surface area (Å²) in [6.07, 6.45) is 2.18. The molecule has 0 spiro atoms. The molecule has 2 aliphatic heterocycles. The normalized spacial score (nSPS) is 19.7. The van der Waals surface area contributed by atoms with Crippen LogP contribution in [0.1, 0.15) is 50.8 Å². The van der Waals surface area contributed by atoms with Gasteiger partial charge in [-0.25, -0.2) is 4.90 Å². The third-order valence-corrected chi connectivity index (χ3v) is 5.11. The number of nitrogens with zero attached hydrogens (tertiary/aromatic N) is 2. The predicted octanol–water partition coefficient (Wildman–Crippen LogP) is 3.36. The molecular formula is C21H20N2O3. The highest BCUT2D eigenvalue weighted by molar-refractivity contribution is 6.34. The Kier molecular flexibility index (Phi) is 4.07. The maximum Gasteiger partial charge on any atom is 0.266 e. The summed E-state index contributed by atoms with van der Waals surface area (Å²) in [5.74, 6) is -0.125. The van der Waals surface area contributed by atoms with E-state index in [1.54, 1.807) is 48.5 Å². The number of hydrogen-bond donors (Lipinski definition) is 0. The third kappa shape index (κ3) is 2.69. The van der Waals surface area contributed by atoms with Gasteiger partial charge in [0.25, 0.3) is 17.7 Å². The van der Waals surface area contributed by atoms with Gasteiger partial charge < -0.3 is 4.90 Å². The van der Waals surface area contributed by atoms with Gasteiger partial charge in [0.15, 0.2) is 0 Å². The number of piperidine rings is 1. The van der Waals surface area contributed by atoms with Crippen LogP contribution in [0.3, 0.4) is 0 Å². The number of carbonyl (C=O) groups is 3. The van der Waals surface area contributed by atoms with Crippen molar-refractivity contribution in [2.24, 2.45) is 5.92 Å². The standard InChI is InChI=1S/C21H20N2O3/c1-14-5-4-12-22(13-14)19(24)15-8-10-16(11-9-15)23-20(25)17-6-2-3-7-18(17)21(23)26/h2-3,6-11,14H,4-5,12-13H2,1H3.